The van der Waals surface area contributed by atoms with Gasteiger partial charge in [-0.25, -0.2) is 4.79 Å². The number of hydrogen-bond acceptors (Lipinski definition) is 9. The van der Waals surface area contributed by atoms with Gasteiger partial charge in [0.2, 0.25) is 11.6 Å². The molecule has 16 heteroatoms. The average Bonchev–Trinajstić information content (AvgIpc) is 3.66. The molecule has 4 aliphatic rings. The summed E-state index contributed by atoms with van der Waals surface area (Å²) in [5.74, 6) is -0.358. The first-order valence-electron chi connectivity index (χ1n) is 25.2. The number of Topliss-reactive ketones (excluding diaryl/α,β-unsaturated/α-hetero) is 1. The van der Waals surface area contributed by atoms with Crippen LogP contribution in [0.5, 0.6) is 5.75 Å². The lowest BCUT2D eigenvalue weighted by Gasteiger charge is -2.32. The van der Waals surface area contributed by atoms with Gasteiger partial charge in [0.05, 0.1) is 21.6 Å². The van der Waals surface area contributed by atoms with E-state index in [1.54, 1.807) is 18.2 Å². The van der Waals surface area contributed by atoms with Gasteiger partial charge in [0.25, 0.3) is 20.2 Å². The van der Waals surface area contributed by atoms with E-state index >= 15 is 0 Å². The number of nitrogens with one attached hydrogen (secondary N) is 1. The number of carboxylic acid groups (broad SMARTS) is 1. The fourth-order valence-corrected chi connectivity index (χ4v) is 12.0. The predicted molar refractivity (Wildman–Crippen MR) is 275 cm³/mol. The Hall–Kier alpha value is -5.42. The number of allylic oxidation sites excluding steroid dienone is 6. The molecule has 0 aromatic heterocycles. The number of carbonyl (C=O) groups excluding carboxylic acids is 2. The molecule has 7 rings (SSSR count). The highest BCUT2D eigenvalue weighted by Gasteiger charge is 2.46. The number of rotatable bonds is 8. The van der Waals surface area contributed by atoms with E-state index in [2.05, 4.69) is 67.1 Å². The molecule has 1 amide bonds. The molecule has 3 aromatic rings. The number of aromatic carboxylic acids is 1. The van der Waals surface area contributed by atoms with Gasteiger partial charge in [-0.15, -0.1) is 0 Å². The molecular weight excluding hydrogens is 943 g/mol. The van der Waals surface area contributed by atoms with E-state index in [1.165, 1.54) is 35.4 Å². The highest BCUT2D eigenvalue weighted by Crippen LogP contribution is 2.52. The lowest BCUT2D eigenvalue weighted by atomic mass is 9.76. The van der Waals surface area contributed by atoms with Gasteiger partial charge < -0.3 is 20.1 Å². The lowest BCUT2D eigenvalue weighted by Crippen LogP contribution is -2.30. The zero-order valence-electron chi connectivity index (χ0n) is 41.5. The minimum absolute atomic E-state index is 0.0147. The molecule has 0 saturated carbocycles. The van der Waals surface area contributed by atoms with Crippen LogP contribution in [0.25, 0.3) is 0 Å². The van der Waals surface area contributed by atoms with Crippen LogP contribution in [0.2, 0.25) is 0 Å². The quantitative estimate of drug-likeness (QED) is 0.123. The van der Waals surface area contributed by atoms with E-state index in [0.717, 1.165) is 73.5 Å². The van der Waals surface area contributed by atoms with Crippen molar-refractivity contribution in [3.8, 4) is 5.75 Å². The topological polar surface area (TPSA) is 208 Å². The average molecular weight is 1010 g/mol. The normalized spacial score (nSPS) is 22.9. The van der Waals surface area contributed by atoms with Crippen LogP contribution in [0.3, 0.4) is 0 Å². The fourth-order valence-electron chi connectivity index (χ4n) is 10.9. The number of aryl methyl sites for hydroxylation is 1. The number of anilines is 1. The zero-order valence-corrected chi connectivity index (χ0v) is 43.2. The largest absolute Gasteiger partial charge is 0.478 e. The molecule has 0 fully saturated rings. The summed E-state index contributed by atoms with van der Waals surface area (Å²) in [7, 11) is -8.90. The third kappa shape index (κ3) is 13.0. The SMILES string of the molecule is Cc1ccc2c(c1)C(C)(C)C1=[N+]2CCCCCC(=O)NCCCC(=O)CCCCCC2(C)/C(=C/CC3CCCC(=C3Oc3ccc(C(=O)O)cc3)C=C1)N(CCCS(=O)(=O)O)c1ccc(S(=O)(=O)O)cc12. The summed E-state index contributed by atoms with van der Waals surface area (Å²) in [5.41, 5.74) is 6.79. The Morgan fingerprint density at radius 1 is 0.831 bits per heavy atom. The first kappa shape index (κ1) is 53.4. The van der Waals surface area contributed by atoms with Crippen molar-refractivity contribution in [1.29, 1.82) is 0 Å². The molecule has 0 radical (unpaired) electrons. The van der Waals surface area contributed by atoms with E-state index in [-0.39, 0.29) is 46.4 Å². The lowest BCUT2D eigenvalue weighted by molar-refractivity contribution is -0.438. The van der Waals surface area contributed by atoms with Crippen molar-refractivity contribution in [3.05, 3.63) is 118 Å². The summed E-state index contributed by atoms with van der Waals surface area (Å²) in [6, 6.07) is 17.4. The fraction of sp³-hybridized carbons (Fsp3) is 0.491. The minimum atomic E-state index is -4.60. The Balaban J connectivity index is 1.34. The Bertz CT molecular complexity index is 2860. The van der Waals surface area contributed by atoms with Crippen LogP contribution in [0, 0.1) is 12.8 Å². The van der Waals surface area contributed by atoms with E-state index < -0.39 is 37.4 Å². The minimum Gasteiger partial charge on any atom is -0.478 e. The second kappa shape index (κ2) is 22.6. The Labute approximate surface area is 419 Å². The Morgan fingerprint density at radius 3 is 2.30 bits per heavy atom. The van der Waals surface area contributed by atoms with Crippen molar-refractivity contribution in [3.63, 3.8) is 0 Å². The van der Waals surface area contributed by atoms with Gasteiger partial charge in [-0.05, 0) is 158 Å². The molecule has 1 aliphatic carbocycles. The number of fused-ring (bicyclic) bond motifs is 6. The molecule has 3 heterocycles. The first-order chi connectivity index (χ1) is 33.7. The number of hydrogen-bond donors (Lipinski definition) is 4. The molecule has 382 valence electrons. The van der Waals surface area contributed by atoms with Crippen molar-refractivity contribution in [2.75, 3.05) is 30.3 Å². The molecule has 4 N–H and O–H groups in total. The van der Waals surface area contributed by atoms with Gasteiger partial charge in [-0.2, -0.15) is 21.4 Å². The van der Waals surface area contributed by atoms with E-state index in [0.29, 0.717) is 81.3 Å². The van der Waals surface area contributed by atoms with Crippen molar-refractivity contribution in [2.24, 2.45) is 5.92 Å². The molecule has 14 nitrogen and oxygen atoms in total. The maximum atomic E-state index is 13.0. The summed E-state index contributed by atoms with van der Waals surface area (Å²) in [4.78, 5) is 39.3. The third-order valence-electron chi connectivity index (χ3n) is 14.8. The standard InChI is InChI=1S/C55H69N3O11S2/c1-38-19-27-47-45(36-38)54(2,3)49-29-22-39-14-11-15-40(52(39)69-43-24-20-41(21-25-43)53(61)62)23-30-50-55(4,46-37-44(71(66,67)68)26-28-48(46)58(50)34-13-35-70(63,64)65)31-9-5-7-16-42(59)17-12-32-56-51(60)18-8-6-10-33-57(47)49/h19-22,24-30,36-37,40H,5-18,23,31-35H2,1-4H3,(H3-,56,60,61,62,63,64,65,66,67,68)/p+1/b29-22?,50-30-. The number of ether oxygens (including phenoxy) is 1. The van der Waals surface area contributed by atoms with Crippen LogP contribution in [0.4, 0.5) is 11.4 Å². The number of ketones is 1. The summed E-state index contributed by atoms with van der Waals surface area (Å²) in [6.45, 7) is 10.0. The maximum absolute atomic E-state index is 13.0. The van der Waals surface area contributed by atoms with Crippen molar-refractivity contribution < 1.29 is 54.7 Å². The first-order valence-corrected chi connectivity index (χ1v) is 28.2. The highest BCUT2D eigenvalue weighted by molar-refractivity contribution is 7.86. The van der Waals surface area contributed by atoms with E-state index in [1.807, 2.05) is 11.8 Å². The van der Waals surface area contributed by atoms with Crippen LogP contribution < -0.4 is 15.0 Å². The summed E-state index contributed by atoms with van der Waals surface area (Å²) < 4.78 is 78.5. The molecule has 3 aromatic carbocycles. The second-order valence-corrected chi connectivity index (χ2v) is 23.4. The Morgan fingerprint density at radius 2 is 1.56 bits per heavy atom. The van der Waals surface area contributed by atoms with Gasteiger partial charge in [0.15, 0.2) is 5.71 Å². The highest BCUT2D eigenvalue weighted by atomic mass is 32.2. The molecule has 3 aliphatic heterocycles. The number of nitrogens with zero attached hydrogens (tertiary/aromatic N) is 2. The number of carbonyl (C=O) groups is 3. The van der Waals surface area contributed by atoms with Gasteiger partial charge in [-0.1, -0.05) is 30.5 Å². The van der Waals surface area contributed by atoms with Crippen LogP contribution in [-0.4, -0.2) is 84.4 Å². The van der Waals surface area contributed by atoms with E-state index in [9.17, 15) is 45.4 Å². The third-order valence-corrected chi connectivity index (χ3v) is 16.4. The summed E-state index contributed by atoms with van der Waals surface area (Å²) in [5, 5.41) is 12.7. The maximum Gasteiger partial charge on any atom is 0.335 e. The van der Waals surface area contributed by atoms with Gasteiger partial charge >= 0.3 is 5.97 Å². The molecule has 71 heavy (non-hydrogen) atoms. The number of carboxylic acids is 1. The van der Waals surface area contributed by atoms with Crippen LogP contribution >= 0.6 is 0 Å². The smallest absolute Gasteiger partial charge is 0.335 e. The molecule has 2 unspecified atom stereocenters. The molecule has 0 spiro atoms. The Kier molecular flexibility index (Phi) is 17.0. The monoisotopic (exact) mass is 1010 g/mol. The van der Waals surface area contributed by atoms with Crippen molar-refractivity contribution in [2.45, 2.75) is 146 Å². The summed E-state index contributed by atoms with van der Waals surface area (Å²) in [6.07, 6.45) is 16.2. The second-order valence-electron chi connectivity index (χ2n) is 20.4. The molecule has 2 atom stereocenters. The van der Waals surface area contributed by atoms with Crippen LogP contribution in [0.1, 0.15) is 151 Å². The predicted octanol–water partition coefficient (Wildman–Crippen LogP) is 10.3. The van der Waals surface area contributed by atoms with Crippen LogP contribution in [0.15, 0.2) is 101 Å². The van der Waals surface area contributed by atoms with Gasteiger partial charge in [0.1, 0.15) is 23.8 Å². The van der Waals surface area contributed by atoms with Gasteiger partial charge in [0, 0.05) is 79.2 Å². The van der Waals surface area contributed by atoms with Crippen molar-refractivity contribution >= 4 is 55.0 Å². The van der Waals surface area contributed by atoms with Crippen molar-refractivity contribution in [1.82, 2.24) is 5.32 Å². The summed E-state index contributed by atoms with van der Waals surface area (Å²) >= 11 is 0. The van der Waals surface area contributed by atoms with Crippen LogP contribution in [-0.2, 0) is 40.7 Å². The molecule has 2 bridgehead atoms. The zero-order chi connectivity index (χ0) is 51.1. The number of benzene rings is 3. The molecular formula is C55H70N3O11S2+. The molecule has 0 saturated heterocycles. The number of amides is 1. The van der Waals surface area contributed by atoms with Gasteiger partial charge in [-0.3, -0.25) is 18.7 Å². The van der Waals surface area contributed by atoms with E-state index in [4.69, 9.17) is 4.74 Å².